The molecule has 2 nitrogen and oxygen atoms in total. The Morgan fingerprint density at radius 3 is 2.56 bits per heavy atom. The van der Waals surface area contributed by atoms with Crippen LogP contribution in [-0.4, -0.2) is 29.8 Å². The number of alkyl halides is 1. The van der Waals surface area contributed by atoms with E-state index in [1.807, 2.05) is 13.8 Å². The van der Waals surface area contributed by atoms with Crippen molar-refractivity contribution in [3.05, 3.63) is 0 Å². The second-order valence-corrected chi connectivity index (χ2v) is 6.01. The van der Waals surface area contributed by atoms with Gasteiger partial charge in [0.05, 0.1) is 11.9 Å². The predicted molar refractivity (Wildman–Crippen MR) is 76.8 cm³/mol. The second kappa shape index (κ2) is 11.8. The summed E-state index contributed by atoms with van der Waals surface area (Å²) in [4.78, 5) is 11.5. The van der Waals surface area contributed by atoms with Crippen LogP contribution in [0, 0.1) is 0 Å². The molecule has 2 atom stereocenters. The van der Waals surface area contributed by atoms with Gasteiger partial charge < -0.3 is 4.74 Å². The first-order chi connectivity index (χ1) is 8.61. The van der Waals surface area contributed by atoms with Crippen LogP contribution in [-0.2, 0) is 9.53 Å². The van der Waals surface area contributed by atoms with Crippen molar-refractivity contribution < 1.29 is 13.9 Å². The molecular formula is C14H27FO2S. The van der Waals surface area contributed by atoms with Crippen LogP contribution in [0.15, 0.2) is 0 Å². The van der Waals surface area contributed by atoms with Gasteiger partial charge >= 0.3 is 5.97 Å². The van der Waals surface area contributed by atoms with Gasteiger partial charge in [-0.1, -0.05) is 26.7 Å². The normalized spacial score (nSPS) is 14.2. The average molecular weight is 278 g/mol. The van der Waals surface area contributed by atoms with Gasteiger partial charge in [0.15, 0.2) is 0 Å². The minimum absolute atomic E-state index is 0.133. The van der Waals surface area contributed by atoms with Crippen LogP contribution >= 0.6 is 11.8 Å². The van der Waals surface area contributed by atoms with E-state index < -0.39 is 6.17 Å². The maximum absolute atomic E-state index is 13.2. The van der Waals surface area contributed by atoms with Gasteiger partial charge in [-0.3, -0.25) is 4.79 Å². The fourth-order valence-electron chi connectivity index (χ4n) is 1.52. The molecule has 0 aromatic heterocycles. The van der Waals surface area contributed by atoms with Crippen LogP contribution in [0.25, 0.3) is 0 Å². The molecule has 18 heavy (non-hydrogen) atoms. The Hall–Kier alpha value is -0.250. The number of carbonyl (C=O) groups excluding carboxylic acids is 1. The number of ether oxygens (including phenoxy) is 1. The van der Waals surface area contributed by atoms with Crippen molar-refractivity contribution in [3.63, 3.8) is 0 Å². The highest BCUT2D eigenvalue weighted by molar-refractivity contribution is 8.00. The first kappa shape index (κ1) is 17.8. The lowest BCUT2D eigenvalue weighted by Crippen LogP contribution is -2.18. The fourth-order valence-corrected chi connectivity index (χ4v) is 2.42. The van der Waals surface area contributed by atoms with E-state index in [1.54, 1.807) is 11.8 Å². The molecule has 4 heteroatoms. The Bertz CT molecular complexity index is 212. The van der Waals surface area contributed by atoms with E-state index in [0.717, 1.165) is 31.4 Å². The molecule has 0 radical (unpaired) electrons. The topological polar surface area (TPSA) is 26.3 Å². The number of unbranched alkanes of at least 4 members (excludes halogenated alkanes) is 1. The van der Waals surface area contributed by atoms with Crippen molar-refractivity contribution in [1.29, 1.82) is 0 Å². The van der Waals surface area contributed by atoms with E-state index >= 15 is 0 Å². The molecule has 2 unspecified atom stereocenters. The molecule has 0 aliphatic carbocycles. The molecule has 0 bridgehead atoms. The highest BCUT2D eigenvalue weighted by Gasteiger charge is 2.14. The van der Waals surface area contributed by atoms with E-state index in [4.69, 9.17) is 4.74 Å². The maximum atomic E-state index is 13.2. The Labute approximate surface area is 115 Å². The number of hydrogen-bond donors (Lipinski definition) is 0. The molecule has 0 saturated carbocycles. The van der Waals surface area contributed by atoms with Gasteiger partial charge in [-0.25, -0.2) is 4.39 Å². The molecule has 0 aromatic carbocycles. The van der Waals surface area contributed by atoms with Gasteiger partial charge in [-0.2, -0.15) is 0 Å². The van der Waals surface area contributed by atoms with Crippen LogP contribution in [0.2, 0.25) is 0 Å². The SMILES string of the molecule is CCCCOC(=O)C(C)SCCCC(F)CCC. The zero-order valence-corrected chi connectivity index (χ0v) is 12.7. The molecule has 0 heterocycles. The van der Waals surface area contributed by atoms with Gasteiger partial charge in [0.2, 0.25) is 0 Å². The summed E-state index contributed by atoms with van der Waals surface area (Å²) in [7, 11) is 0. The van der Waals surface area contributed by atoms with Gasteiger partial charge in [-0.15, -0.1) is 11.8 Å². The summed E-state index contributed by atoms with van der Waals surface area (Å²) in [6.45, 7) is 6.44. The molecule has 0 saturated heterocycles. The van der Waals surface area contributed by atoms with Crippen LogP contribution in [0.5, 0.6) is 0 Å². The summed E-state index contributed by atoms with van der Waals surface area (Å²) in [5.74, 6) is 0.688. The lowest BCUT2D eigenvalue weighted by molar-refractivity contribution is -0.142. The van der Waals surface area contributed by atoms with Gasteiger partial charge in [0.25, 0.3) is 0 Å². The van der Waals surface area contributed by atoms with E-state index in [-0.39, 0.29) is 11.2 Å². The third-order valence-electron chi connectivity index (χ3n) is 2.71. The Morgan fingerprint density at radius 1 is 1.22 bits per heavy atom. The molecule has 0 aromatic rings. The van der Waals surface area contributed by atoms with Crippen molar-refractivity contribution >= 4 is 17.7 Å². The Morgan fingerprint density at radius 2 is 1.94 bits per heavy atom. The summed E-state index contributed by atoms with van der Waals surface area (Å²) in [5.41, 5.74) is 0. The summed E-state index contributed by atoms with van der Waals surface area (Å²) in [5, 5.41) is -0.133. The van der Waals surface area contributed by atoms with Crippen LogP contribution in [0.3, 0.4) is 0 Å². The van der Waals surface area contributed by atoms with Gasteiger partial charge in [0, 0.05) is 0 Å². The average Bonchev–Trinajstić information content (AvgIpc) is 2.35. The number of esters is 1. The van der Waals surface area contributed by atoms with Gasteiger partial charge in [-0.05, 0) is 38.4 Å². The molecular weight excluding hydrogens is 251 g/mol. The van der Waals surface area contributed by atoms with Crippen molar-refractivity contribution in [2.24, 2.45) is 0 Å². The highest BCUT2D eigenvalue weighted by atomic mass is 32.2. The van der Waals surface area contributed by atoms with Crippen LogP contribution in [0.4, 0.5) is 4.39 Å². The third kappa shape index (κ3) is 9.75. The summed E-state index contributed by atoms with van der Waals surface area (Å²) in [6, 6.07) is 0. The van der Waals surface area contributed by atoms with Crippen molar-refractivity contribution in [3.8, 4) is 0 Å². The first-order valence-corrected chi connectivity index (χ1v) is 8.09. The van der Waals surface area contributed by atoms with E-state index in [0.29, 0.717) is 19.4 Å². The number of hydrogen-bond acceptors (Lipinski definition) is 3. The fraction of sp³-hybridized carbons (Fsp3) is 0.929. The molecule has 0 aliphatic heterocycles. The molecule has 0 fully saturated rings. The first-order valence-electron chi connectivity index (χ1n) is 7.04. The molecule has 0 amide bonds. The smallest absolute Gasteiger partial charge is 0.318 e. The standard InChI is InChI=1S/C14H27FO2S/c1-4-6-10-17-14(16)12(3)18-11-7-9-13(15)8-5-2/h12-13H,4-11H2,1-3H3. The summed E-state index contributed by atoms with van der Waals surface area (Å²) in [6.07, 6.45) is 4.26. The lowest BCUT2D eigenvalue weighted by atomic mass is 10.1. The molecule has 108 valence electrons. The van der Waals surface area contributed by atoms with Crippen molar-refractivity contribution in [1.82, 2.24) is 0 Å². The number of thioether (sulfide) groups is 1. The maximum Gasteiger partial charge on any atom is 0.318 e. The zero-order chi connectivity index (χ0) is 13.8. The predicted octanol–water partition coefficient (Wildman–Crippen LogP) is 4.37. The second-order valence-electron chi connectivity index (χ2n) is 4.56. The molecule has 0 spiro atoms. The van der Waals surface area contributed by atoms with Crippen LogP contribution < -0.4 is 0 Å². The molecule has 0 rings (SSSR count). The minimum Gasteiger partial charge on any atom is -0.465 e. The summed E-state index contributed by atoms with van der Waals surface area (Å²) >= 11 is 1.56. The molecule has 0 aliphatic rings. The zero-order valence-electron chi connectivity index (χ0n) is 11.9. The van der Waals surface area contributed by atoms with E-state index in [9.17, 15) is 9.18 Å². The number of rotatable bonds is 11. The quantitative estimate of drug-likeness (QED) is 0.415. The Kier molecular flexibility index (Phi) is 11.7. The number of halogens is 1. The largest absolute Gasteiger partial charge is 0.465 e. The monoisotopic (exact) mass is 278 g/mol. The molecule has 0 N–H and O–H groups in total. The minimum atomic E-state index is -0.678. The van der Waals surface area contributed by atoms with Gasteiger partial charge in [0.1, 0.15) is 6.17 Å². The third-order valence-corrected chi connectivity index (χ3v) is 3.92. The van der Waals surface area contributed by atoms with Crippen molar-refractivity contribution in [2.75, 3.05) is 12.4 Å². The Balaban J connectivity index is 3.51. The lowest BCUT2D eigenvalue weighted by Gasteiger charge is -2.11. The van der Waals surface area contributed by atoms with E-state index in [2.05, 4.69) is 6.92 Å². The number of carbonyl (C=O) groups is 1. The van der Waals surface area contributed by atoms with Crippen LogP contribution in [0.1, 0.15) is 59.3 Å². The highest BCUT2D eigenvalue weighted by Crippen LogP contribution is 2.17. The van der Waals surface area contributed by atoms with Crippen molar-refractivity contribution in [2.45, 2.75) is 70.7 Å². The van der Waals surface area contributed by atoms with E-state index in [1.165, 1.54) is 0 Å². The summed E-state index contributed by atoms with van der Waals surface area (Å²) < 4.78 is 18.3.